The van der Waals surface area contributed by atoms with Gasteiger partial charge in [0, 0.05) is 49.5 Å². The van der Waals surface area contributed by atoms with E-state index in [1.54, 1.807) is 0 Å². The van der Waals surface area contributed by atoms with Crippen molar-refractivity contribution in [1.82, 2.24) is 15.1 Å². The average molecular weight is 325 g/mol. The summed E-state index contributed by atoms with van der Waals surface area (Å²) in [6.45, 7) is 4.59. The normalized spacial score (nSPS) is 28.0. The molecular formula is C16H27N3O2S. The van der Waals surface area contributed by atoms with Crippen LogP contribution in [0.4, 0.5) is 0 Å². The highest BCUT2D eigenvalue weighted by Crippen LogP contribution is 2.26. The second-order valence-corrected chi connectivity index (χ2v) is 7.77. The maximum absolute atomic E-state index is 12.8. The molecule has 0 aromatic carbocycles. The molecule has 1 N–H and O–H groups in total. The third-order valence-electron chi connectivity index (χ3n) is 5.12. The maximum atomic E-state index is 12.8. The van der Waals surface area contributed by atoms with Gasteiger partial charge in [-0.1, -0.05) is 0 Å². The van der Waals surface area contributed by atoms with Crippen LogP contribution >= 0.6 is 11.8 Å². The molecule has 22 heavy (non-hydrogen) atoms. The van der Waals surface area contributed by atoms with Crippen LogP contribution in [0.5, 0.6) is 0 Å². The lowest BCUT2D eigenvalue weighted by Gasteiger charge is -2.40. The summed E-state index contributed by atoms with van der Waals surface area (Å²) in [5.74, 6) is 2.41. The standard InChI is InChI=1S/C16H27N3O2S/c20-15(18-8-10-22-11-9-18)12-13-2-1-7-19(16(13)21)14-3-5-17-6-4-14/h13-14,17H,1-12H2. The molecule has 5 nitrogen and oxygen atoms in total. The number of piperidine rings is 2. The van der Waals surface area contributed by atoms with Crippen LogP contribution in [0.25, 0.3) is 0 Å². The summed E-state index contributed by atoms with van der Waals surface area (Å²) in [6, 6.07) is 0.387. The average Bonchev–Trinajstić information content (AvgIpc) is 2.58. The molecule has 124 valence electrons. The van der Waals surface area contributed by atoms with Crippen molar-refractivity contribution in [1.29, 1.82) is 0 Å². The highest BCUT2D eigenvalue weighted by Gasteiger charge is 2.35. The number of carbonyl (C=O) groups excluding carboxylic acids is 2. The van der Waals surface area contributed by atoms with Gasteiger partial charge in [-0.3, -0.25) is 9.59 Å². The molecule has 0 radical (unpaired) electrons. The molecule has 1 atom stereocenters. The zero-order chi connectivity index (χ0) is 15.4. The highest BCUT2D eigenvalue weighted by molar-refractivity contribution is 7.99. The van der Waals surface area contributed by atoms with E-state index in [-0.39, 0.29) is 17.7 Å². The van der Waals surface area contributed by atoms with Crippen LogP contribution in [-0.2, 0) is 9.59 Å². The summed E-state index contributed by atoms with van der Waals surface area (Å²) >= 11 is 1.91. The molecule has 0 aliphatic carbocycles. The molecule has 3 fully saturated rings. The minimum atomic E-state index is -0.0780. The largest absolute Gasteiger partial charge is 0.341 e. The molecule has 0 bridgehead atoms. The van der Waals surface area contributed by atoms with E-state index in [0.717, 1.165) is 69.9 Å². The van der Waals surface area contributed by atoms with Crippen LogP contribution in [0.2, 0.25) is 0 Å². The van der Waals surface area contributed by atoms with Gasteiger partial charge < -0.3 is 15.1 Å². The lowest BCUT2D eigenvalue weighted by atomic mass is 9.90. The summed E-state index contributed by atoms with van der Waals surface area (Å²) in [7, 11) is 0. The van der Waals surface area contributed by atoms with E-state index in [9.17, 15) is 9.59 Å². The summed E-state index contributed by atoms with van der Waals surface area (Å²) in [5.41, 5.74) is 0. The Morgan fingerprint density at radius 1 is 1.14 bits per heavy atom. The van der Waals surface area contributed by atoms with Gasteiger partial charge in [-0.15, -0.1) is 0 Å². The predicted molar refractivity (Wildman–Crippen MR) is 88.9 cm³/mol. The first kappa shape index (κ1) is 16.1. The third kappa shape index (κ3) is 3.77. The topological polar surface area (TPSA) is 52.7 Å². The number of thioether (sulfide) groups is 1. The van der Waals surface area contributed by atoms with Gasteiger partial charge in [-0.2, -0.15) is 11.8 Å². The predicted octanol–water partition coefficient (Wildman–Crippen LogP) is 0.943. The molecule has 0 aromatic heterocycles. The second-order valence-electron chi connectivity index (χ2n) is 6.55. The molecule has 0 spiro atoms. The smallest absolute Gasteiger partial charge is 0.226 e. The van der Waals surface area contributed by atoms with Gasteiger partial charge in [-0.25, -0.2) is 0 Å². The van der Waals surface area contributed by atoms with Crippen molar-refractivity contribution in [3.05, 3.63) is 0 Å². The number of nitrogens with one attached hydrogen (secondary N) is 1. The number of hydrogen-bond donors (Lipinski definition) is 1. The SMILES string of the molecule is O=C(CC1CCCN(C2CCNCC2)C1=O)N1CCSCC1. The lowest BCUT2D eigenvalue weighted by Crippen LogP contribution is -2.51. The van der Waals surface area contributed by atoms with E-state index in [4.69, 9.17) is 0 Å². The molecule has 3 aliphatic rings. The van der Waals surface area contributed by atoms with Crippen molar-refractivity contribution < 1.29 is 9.59 Å². The number of hydrogen-bond acceptors (Lipinski definition) is 4. The quantitative estimate of drug-likeness (QED) is 0.839. The Hall–Kier alpha value is -0.750. The third-order valence-corrected chi connectivity index (χ3v) is 6.06. The van der Waals surface area contributed by atoms with Crippen molar-refractivity contribution in [3.63, 3.8) is 0 Å². The zero-order valence-electron chi connectivity index (χ0n) is 13.3. The van der Waals surface area contributed by atoms with E-state index in [1.165, 1.54) is 0 Å². The first-order chi connectivity index (χ1) is 10.8. The van der Waals surface area contributed by atoms with E-state index < -0.39 is 0 Å². The van der Waals surface area contributed by atoms with Crippen LogP contribution in [0.3, 0.4) is 0 Å². The number of nitrogens with zero attached hydrogens (tertiary/aromatic N) is 2. The van der Waals surface area contributed by atoms with Gasteiger partial charge in [0.25, 0.3) is 0 Å². The van der Waals surface area contributed by atoms with Crippen LogP contribution in [-0.4, -0.2) is 71.9 Å². The molecule has 2 amide bonds. The Labute approximate surface area is 137 Å². The molecule has 3 saturated heterocycles. The van der Waals surface area contributed by atoms with E-state index in [2.05, 4.69) is 10.2 Å². The highest BCUT2D eigenvalue weighted by atomic mass is 32.2. The zero-order valence-corrected chi connectivity index (χ0v) is 14.1. The fourth-order valence-corrected chi connectivity index (χ4v) is 4.70. The fourth-order valence-electron chi connectivity index (χ4n) is 3.80. The van der Waals surface area contributed by atoms with E-state index in [0.29, 0.717) is 12.5 Å². The molecule has 6 heteroatoms. The lowest BCUT2D eigenvalue weighted by molar-refractivity contribution is -0.146. The van der Waals surface area contributed by atoms with Crippen LogP contribution < -0.4 is 5.32 Å². The molecule has 0 aromatic rings. The van der Waals surface area contributed by atoms with Crippen LogP contribution in [0.1, 0.15) is 32.1 Å². The Kier molecular flexibility index (Phi) is 5.63. The summed E-state index contributed by atoms with van der Waals surface area (Å²) in [4.78, 5) is 29.2. The number of likely N-dealkylation sites (tertiary alicyclic amines) is 1. The molecular weight excluding hydrogens is 298 g/mol. The summed E-state index contributed by atoms with van der Waals surface area (Å²) < 4.78 is 0. The van der Waals surface area contributed by atoms with Crippen LogP contribution in [0, 0.1) is 5.92 Å². The summed E-state index contributed by atoms with van der Waals surface area (Å²) in [5, 5.41) is 3.35. The summed E-state index contributed by atoms with van der Waals surface area (Å²) in [6.07, 6.45) is 4.45. The van der Waals surface area contributed by atoms with E-state index in [1.807, 2.05) is 16.7 Å². The van der Waals surface area contributed by atoms with Gasteiger partial charge in [0.2, 0.25) is 11.8 Å². The van der Waals surface area contributed by atoms with Gasteiger partial charge in [0.05, 0.1) is 0 Å². The fraction of sp³-hybridized carbons (Fsp3) is 0.875. The van der Waals surface area contributed by atoms with Crippen LogP contribution in [0.15, 0.2) is 0 Å². The molecule has 3 heterocycles. The molecule has 3 aliphatic heterocycles. The van der Waals surface area contributed by atoms with Crippen molar-refractivity contribution in [3.8, 4) is 0 Å². The van der Waals surface area contributed by atoms with Gasteiger partial charge in [-0.05, 0) is 38.8 Å². The minimum absolute atomic E-state index is 0.0780. The molecule has 0 saturated carbocycles. The number of amides is 2. The minimum Gasteiger partial charge on any atom is -0.341 e. The van der Waals surface area contributed by atoms with Crippen molar-refractivity contribution in [2.24, 2.45) is 5.92 Å². The second kappa shape index (κ2) is 7.68. The van der Waals surface area contributed by atoms with Crippen molar-refractivity contribution >= 4 is 23.6 Å². The Morgan fingerprint density at radius 3 is 2.59 bits per heavy atom. The number of rotatable bonds is 3. The van der Waals surface area contributed by atoms with Gasteiger partial charge >= 0.3 is 0 Å². The van der Waals surface area contributed by atoms with Gasteiger partial charge in [0.1, 0.15) is 0 Å². The van der Waals surface area contributed by atoms with Gasteiger partial charge in [0.15, 0.2) is 0 Å². The Morgan fingerprint density at radius 2 is 1.86 bits per heavy atom. The molecule has 1 unspecified atom stereocenters. The Balaban J connectivity index is 1.56. The molecule has 3 rings (SSSR count). The first-order valence-electron chi connectivity index (χ1n) is 8.62. The van der Waals surface area contributed by atoms with Crippen molar-refractivity contribution in [2.45, 2.75) is 38.1 Å². The first-order valence-corrected chi connectivity index (χ1v) is 9.78. The number of carbonyl (C=O) groups is 2. The Bertz CT molecular complexity index is 406. The monoisotopic (exact) mass is 325 g/mol. The van der Waals surface area contributed by atoms with E-state index >= 15 is 0 Å². The van der Waals surface area contributed by atoms with Crippen molar-refractivity contribution in [2.75, 3.05) is 44.2 Å². The maximum Gasteiger partial charge on any atom is 0.226 e.